The third-order valence-corrected chi connectivity index (χ3v) is 14.4. The molecule has 14 rings (SSSR count). The van der Waals surface area contributed by atoms with Gasteiger partial charge in [-0.05, 0) is 206 Å². The molecule has 10 aromatic carbocycles. The summed E-state index contributed by atoms with van der Waals surface area (Å²) in [6, 6.07) is 90.1. The Morgan fingerprint density at radius 2 is 0.549 bits per heavy atom. The van der Waals surface area contributed by atoms with Crippen LogP contribution in [0.4, 0.5) is 0 Å². The van der Waals surface area contributed by atoms with Crippen molar-refractivity contribution >= 4 is 56.3 Å². The van der Waals surface area contributed by atoms with Crippen LogP contribution in [0, 0.1) is 0 Å². The van der Waals surface area contributed by atoms with Gasteiger partial charge in [0.15, 0.2) is 0 Å². The molecule has 0 aliphatic heterocycles. The van der Waals surface area contributed by atoms with Gasteiger partial charge in [-0.2, -0.15) is 0 Å². The molecule has 0 fully saturated rings. The van der Waals surface area contributed by atoms with Crippen LogP contribution >= 0.6 is 0 Å². The number of nitrogens with zero attached hydrogens (tertiary/aromatic N) is 4. The lowest BCUT2D eigenvalue weighted by Gasteiger charge is -2.18. The number of aromatic nitrogens is 4. The standard InChI is InChI=1S/C74H68N4O4/c1-3-57-29-41-73(42-30-57)81-47-19-17-45-79-55-59-49-69-53-70(50-59)76(62-23-11-6-12-24-62)66-35-39-68(40-36-66)78(64-27-15-8-16-28-64)72-52-60(56-80-46-18-20-48-82-74-43-31-58(4-2)32-44-74)51-71(54-72)77(63-25-13-7-14-26-63)67-37-33-65(34-38-67)75(69)61-21-9-5-10-22-61/h3-16,21-44,49-54H,1-2,17-20,45-48,55-56H2. The van der Waals surface area contributed by atoms with Crippen LogP contribution in [-0.2, 0) is 22.7 Å². The van der Waals surface area contributed by atoms with Crippen LogP contribution in [0.3, 0.4) is 0 Å². The molecular weight excluding hydrogens is 1010 g/mol. The molecule has 0 radical (unpaired) electrons. The summed E-state index contributed by atoms with van der Waals surface area (Å²) < 4.78 is 34.6. The summed E-state index contributed by atoms with van der Waals surface area (Å²) in [5.41, 5.74) is 16.5. The SMILES string of the molecule is C=Cc1ccc(OCCCCOCc2cc3cc(c2)n(-c2ccccc2)c2ccc(cc2)n(-c2ccccc2)c2cc(COCCCCOc4ccc(C=C)cc4)cc(c2)n(-c2ccccc2)c2ccc(cc2)n3-c2ccccc2)cc1. The Bertz CT molecular complexity index is 3560. The zero-order chi connectivity index (χ0) is 55.7. The number of ether oxygens (including phenoxy) is 4. The number of hydrogen-bond acceptors (Lipinski definition) is 4. The highest BCUT2D eigenvalue weighted by Gasteiger charge is 2.12. The minimum absolute atomic E-state index is 0.429. The Morgan fingerprint density at radius 1 is 0.280 bits per heavy atom. The largest absolute Gasteiger partial charge is 0.494 e. The van der Waals surface area contributed by atoms with Crippen LogP contribution in [0.5, 0.6) is 11.5 Å². The molecular formula is C74H68N4O4. The van der Waals surface area contributed by atoms with Gasteiger partial charge in [0.2, 0.25) is 0 Å². The van der Waals surface area contributed by atoms with E-state index in [1.54, 1.807) is 0 Å². The van der Waals surface area contributed by atoms with Crippen LogP contribution in [0.25, 0.3) is 79.0 Å². The Morgan fingerprint density at radius 3 is 0.817 bits per heavy atom. The lowest BCUT2D eigenvalue weighted by atomic mass is 10.1. The maximum atomic E-state index is 6.54. The fourth-order valence-electron chi connectivity index (χ4n) is 10.4. The van der Waals surface area contributed by atoms with E-state index < -0.39 is 0 Å². The van der Waals surface area contributed by atoms with Gasteiger partial charge in [-0.25, -0.2) is 0 Å². The van der Waals surface area contributed by atoms with Gasteiger partial charge in [0.05, 0.1) is 26.4 Å². The fourth-order valence-corrected chi connectivity index (χ4v) is 10.4. The van der Waals surface area contributed by atoms with Crippen molar-refractivity contribution in [1.82, 2.24) is 18.3 Å². The van der Waals surface area contributed by atoms with E-state index in [4.69, 9.17) is 18.9 Å². The molecule has 82 heavy (non-hydrogen) atoms. The molecule has 0 aliphatic rings. The van der Waals surface area contributed by atoms with Crippen LogP contribution < -0.4 is 9.47 Å². The summed E-state index contributed by atoms with van der Waals surface area (Å²) >= 11 is 0. The zero-order valence-corrected chi connectivity index (χ0v) is 46.3. The molecule has 0 unspecified atom stereocenters. The predicted octanol–water partition coefficient (Wildman–Crippen LogP) is 18.3. The zero-order valence-electron chi connectivity index (χ0n) is 46.3. The highest BCUT2D eigenvalue weighted by atomic mass is 16.5. The second-order valence-electron chi connectivity index (χ2n) is 20.2. The summed E-state index contributed by atoms with van der Waals surface area (Å²) in [7, 11) is 0. The third kappa shape index (κ3) is 13.5. The predicted molar refractivity (Wildman–Crippen MR) is 340 cm³/mol. The minimum Gasteiger partial charge on any atom is -0.494 e. The monoisotopic (exact) mass is 1080 g/mol. The second-order valence-corrected chi connectivity index (χ2v) is 20.2. The number of rotatable bonds is 22. The van der Waals surface area contributed by atoms with Crippen molar-refractivity contribution < 1.29 is 18.9 Å². The van der Waals surface area contributed by atoms with Gasteiger partial charge in [0.1, 0.15) is 11.5 Å². The van der Waals surface area contributed by atoms with Crippen molar-refractivity contribution in [2.75, 3.05) is 26.4 Å². The van der Waals surface area contributed by atoms with E-state index >= 15 is 0 Å². The van der Waals surface area contributed by atoms with Gasteiger partial charge in [0, 0.05) is 80.1 Å². The molecule has 0 N–H and O–H groups in total. The first kappa shape index (κ1) is 54.4. The summed E-state index contributed by atoms with van der Waals surface area (Å²) in [5.74, 6) is 1.72. The van der Waals surface area contributed by atoms with Crippen LogP contribution in [0.1, 0.15) is 47.9 Å². The lowest BCUT2D eigenvalue weighted by molar-refractivity contribution is 0.114. The number of para-hydroxylation sites is 4. The summed E-state index contributed by atoms with van der Waals surface area (Å²) in [6.07, 6.45) is 7.16. The minimum atomic E-state index is 0.429. The van der Waals surface area contributed by atoms with Crippen molar-refractivity contribution in [3.05, 3.63) is 290 Å². The molecule has 4 aromatic heterocycles. The van der Waals surface area contributed by atoms with E-state index in [0.717, 1.165) is 126 Å². The highest BCUT2D eigenvalue weighted by molar-refractivity contribution is 5.78. The number of hydrogen-bond donors (Lipinski definition) is 0. The number of benzene rings is 10. The quantitative estimate of drug-likeness (QED) is 0.0635. The van der Waals surface area contributed by atoms with E-state index in [-0.39, 0.29) is 0 Å². The summed E-state index contributed by atoms with van der Waals surface area (Å²) in [6.45, 7) is 11.0. The molecule has 8 bridgehead atoms. The van der Waals surface area contributed by atoms with Gasteiger partial charge in [-0.3, -0.25) is 0 Å². The molecule has 14 aromatic rings. The molecule has 408 valence electrons. The molecule has 0 saturated carbocycles. The first-order valence-electron chi connectivity index (χ1n) is 28.3. The van der Waals surface area contributed by atoms with Gasteiger partial charge in [0.25, 0.3) is 0 Å². The molecule has 0 aliphatic carbocycles. The van der Waals surface area contributed by atoms with Gasteiger partial charge < -0.3 is 37.2 Å². The molecule has 8 nitrogen and oxygen atoms in total. The topological polar surface area (TPSA) is 56.6 Å². The van der Waals surface area contributed by atoms with Crippen molar-refractivity contribution in [3.8, 4) is 34.2 Å². The lowest BCUT2D eigenvalue weighted by Crippen LogP contribution is -2.04. The van der Waals surface area contributed by atoms with Crippen molar-refractivity contribution in [3.63, 3.8) is 0 Å². The fraction of sp³-hybridized carbons (Fsp3) is 0.135. The molecule has 0 amide bonds. The van der Waals surface area contributed by atoms with Gasteiger partial charge in [-0.1, -0.05) is 122 Å². The van der Waals surface area contributed by atoms with Crippen molar-refractivity contribution in [2.45, 2.75) is 38.9 Å². The van der Waals surface area contributed by atoms with Gasteiger partial charge >= 0.3 is 0 Å². The average Bonchev–Trinajstić information content (AvgIpc) is 3.59. The second kappa shape index (κ2) is 27.0. The maximum absolute atomic E-state index is 6.54. The van der Waals surface area contributed by atoms with E-state index in [1.807, 2.05) is 60.7 Å². The Kier molecular flexibility index (Phi) is 17.9. The normalized spacial score (nSPS) is 11.1. The molecule has 0 saturated heterocycles. The molecule has 0 atom stereocenters. The van der Waals surface area contributed by atoms with Gasteiger partial charge in [-0.15, -0.1) is 0 Å². The Labute approximate surface area is 480 Å². The summed E-state index contributed by atoms with van der Waals surface area (Å²) in [5, 5.41) is 0. The van der Waals surface area contributed by atoms with E-state index in [0.29, 0.717) is 39.6 Å². The summed E-state index contributed by atoms with van der Waals surface area (Å²) in [4.78, 5) is 0. The Hall–Kier alpha value is -9.60. The smallest absolute Gasteiger partial charge is 0.119 e. The first-order valence-corrected chi connectivity index (χ1v) is 28.3. The van der Waals surface area contributed by atoms with E-state index in [2.05, 4.69) is 238 Å². The Balaban J connectivity index is 1.06. The molecule has 0 spiro atoms. The molecule has 8 heteroatoms. The van der Waals surface area contributed by atoms with Crippen LogP contribution in [0.2, 0.25) is 0 Å². The van der Waals surface area contributed by atoms with Crippen LogP contribution in [-0.4, -0.2) is 44.7 Å². The molecule has 4 heterocycles. The van der Waals surface area contributed by atoms with Crippen molar-refractivity contribution in [2.24, 2.45) is 0 Å². The first-order chi connectivity index (χ1) is 40.6. The van der Waals surface area contributed by atoms with E-state index in [1.165, 1.54) is 0 Å². The maximum Gasteiger partial charge on any atom is 0.119 e. The highest BCUT2D eigenvalue weighted by Crippen LogP contribution is 2.28. The average molecular weight is 1080 g/mol. The van der Waals surface area contributed by atoms with Crippen LogP contribution in [0.15, 0.2) is 268 Å². The van der Waals surface area contributed by atoms with Crippen molar-refractivity contribution in [1.29, 1.82) is 0 Å². The number of unbranched alkanes of at least 4 members (excludes halogenated alkanes) is 2. The third-order valence-electron chi connectivity index (χ3n) is 14.4. The van der Waals surface area contributed by atoms with E-state index in [9.17, 15) is 0 Å².